The van der Waals surface area contributed by atoms with Gasteiger partial charge in [0.05, 0.1) is 22.3 Å². The summed E-state index contributed by atoms with van der Waals surface area (Å²) in [5.41, 5.74) is -1.90. The summed E-state index contributed by atoms with van der Waals surface area (Å²) in [6.07, 6.45) is -4.88. The molecule has 1 N–H and O–H groups in total. The Bertz CT molecular complexity index is 991. The Morgan fingerprint density at radius 2 is 1.77 bits per heavy atom. The normalized spacial score (nSPS) is 12.6. The van der Waals surface area contributed by atoms with E-state index in [-0.39, 0.29) is 16.8 Å². The van der Waals surface area contributed by atoms with E-state index in [0.29, 0.717) is 0 Å². The molecule has 0 aliphatic rings. The number of nitrogens with zero attached hydrogens (tertiary/aromatic N) is 2. The quantitative estimate of drug-likeness (QED) is 0.129. The summed E-state index contributed by atoms with van der Waals surface area (Å²) in [7, 11) is 0. The van der Waals surface area contributed by atoms with Gasteiger partial charge in [-0.05, 0) is 59.3 Å². The minimum absolute atomic E-state index is 0.0469. The minimum atomic E-state index is -4.88. The van der Waals surface area contributed by atoms with Gasteiger partial charge in [0.1, 0.15) is 11.6 Å². The Morgan fingerprint density at radius 1 is 1.13 bits per heavy atom. The van der Waals surface area contributed by atoms with Crippen LogP contribution >= 0.6 is 15.9 Å². The number of rotatable bonds is 6. The number of esters is 1. The van der Waals surface area contributed by atoms with Gasteiger partial charge in [-0.25, -0.2) is 13.6 Å². The van der Waals surface area contributed by atoms with Crippen LogP contribution in [0.2, 0.25) is 0 Å². The van der Waals surface area contributed by atoms with Crippen LogP contribution in [0.4, 0.5) is 27.6 Å². The van der Waals surface area contributed by atoms with Crippen molar-refractivity contribution < 1.29 is 41.3 Å². The van der Waals surface area contributed by atoms with Gasteiger partial charge < -0.3 is 14.6 Å². The van der Waals surface area contributed by atoms with Gasteiger partial charge in [0.25, 0.3) is 0 Å². The highest BCUT2D eigenvalue weighted by atomic mass is 79.9. The van der Waals surface area contributed by atoms with Gasteiger partial charge in [0.15, 0.2) is 11.6 Å². The van der Waals surface area contributed by atoms with Crippen LogP contribution in [0.3, 0.4) is 0 Å². The van der Waals surface area contributed by atoms with Crippen molar-refractivity contribution in [2.24, 2.45) is 10.2 Å². The number of halogens is 6. The molecule has 2 rings (SSSR count). The van der Waals surface area contributed by atoms with Crippen molar-refractivity contribution >= 4 is 33.3 Å². The molecule has 30 heavy (non-hydrogen) atoms. The minimum Gasteiger partial charge on any atom is -0.505 e. The van der Waals surface area contributed by atoms with Gasteiger partial charge in [-0.2, -0.15) is 5.11 Å². The topological polar surface area (TPSA) is 80.5 Å². The summed E-state index contributed by atoms with van der Waals surface area (Å²) >= 11 is 2.83. The zero-order chi connectivity index (χ0) is 22.5. The smallest absolute Gasteiger partial charge is 0.505 e. The van der Waals surface area contributed by atoms with Crippen LogP contribution in [0.5, 0.6) is 5.75 Å². The van der Waals surface area contributed by atoms with E-state index in [1.165, 1.54) is 6.92 Å². The second kappa shape index (κ2) is 9.65. The van der Waals surface area contributed by atoms with E-state index >= 15 is 0 Å². The highest BCUT2D eigenvalue weighted by Crippen LogP contribution is 2.30. The molecule has 0 bridgehead atoms. The number of alkyl halides is 3. The average Bonchev–Trinajstić information content (AvgIpc) is 2.65. The van der Waals surface area contributed by atoms with Crippen molar-refractivity contribution in [3.8, 4) is 5.75 Å². The third-order valence-corrected chi connectivity index (χ3v) is 3.92. The first kappa shape index (κ1) is 23.3. The lowest BCUT2D eigenvalue weighted by Crippen LogP contribution is -2.16. The molecule has 6 nitrogen and oxygen atoms in total. The summed E-state index contributed by atoms with van der Waals surface area (Å²) in [6.45, 7) is 1.31. The lowest BCUT2D eigenvalue weighted by Gasteiger charge is -2.09. The van der Waals surface area contributed by atoms with E-state index in [1.807, 2.05) is 0 Å². The molecule has 2 aromatic rings. The first-order valence-electron chi connectivity index (χ1n) is 8.05. The molecule has 160 valence electrons. The fourth-order valence-electron chi connectivity index (χ4n) is 2.07. The molecule has 0 amide bonds. The maximum atomic E-state index is 14.3. The summed E-state index contributed by atoms with van der Waals surface area (Å²) in [6, 6.07) is 5.91. The van der Waals surface area contributed by atoms with Crippen LogP contribution in [0, 0.1) is 11.6 Å². The van der Waals surface area contributed by atoms with Crippen LogP contribution in [0.15, 0.2) is 56.8 Å². The first-order valence-corrected chi connectivity index (χ1v) is 8.84. The predicted molar refractivity (Wildman–Crippen MR) is 97.9 cm³/mol. The molecule has 2 aromatic carbocycles. The molecule has 0 heterocycles. The second-order valence-corrected chi connectivity index (χ2v) is 6.23. The zero-order valence-corrected chi connectivity index (χ0v) is 16.6. The van der Waals surface area contributed by atoms with E-state index in [4.69, 9.17) is 4.74 Å². The van der Waals surface area contributed by atoms with E-state index in [1.54, 1.807) is 0 Å². The van der Waals surface area contributed by atoms with E-state index in [2.05, 4.69) is 30.9 Å². The Balaban J connectivity index is 2.45. The highest BCUT2D eigenvalue weighted by molar-refractivity contribution is 9.10. The lowest BCUT2D eigenvalue weighted by molar-refractivity contribution is -0.274. The molecule has 0 radical (unpaired) electrons. The summed E-state index contributed by atoms with van der Waals surface area (Å²) in [5.74, 6) is -5.30. The van der Waals surface area contributed by atoms with E-state index in [9.17, 15) is 31.9 Å². The van der Waals surface area contributed by atoms with Gasteiger partial charge in [-0.3, -0.25) is 0 Å². The van der Waals surface area contributed by atoms with Crippen molar-refractivity contribution in [3.63, 3.8) is 0 Å². The van der Waals surface area contributed by atoms with Crippen molar-refractivity contribution in [2.45, 2.75) is 13.3 Å². The van der Waals surface area contributed by atoms with Gasteiger partial charge in [0.2, 0.25) is 5.70 Å². The lowest BCUT2D eigenvalue weighted by atomic mass is 10.1. The van der Waals surface area contributed by atoms with Crippen LogP contribution in [-0.2, 0) is 9.53 Å². The summed E-state index contributed by atoms with van der Waals surface area (Å²) in [4.78, 5) is 12.1. The number of aliphatic hydroxyl groups is 1. The summed E-state index contributed by atoms with van der Waals surface area (Å²) in [5, 5.41) is 17.4. The number of azo groups is 1. The Hall–Kier alpha value is -3.02. The van der Waals surface area contributed by atoms with Crippen LogP contribution in [-0.4, -0.2) is 24.0 Å². The second-order valence-electron chi connectivity index (χ2n) is 5.38. The maximum Gasteiger partial charge on any atom is 0.573 e. The van der Waals surface area contributed by atoms with Crippen molar-refractivity contribution in [1.29, 1.82) is 0 Å². The van der Waals surface area contributed by atoms with Gasteiger partial charge >= 0.3 is 12.3 Å². The number of carbonyl (C=O) groups excluding carboxylic acids is 1. The van der Waals surface area contributed by atoms with Crippen LogP contribution in [0.1, 0.15) is 12.5 Å². The van der Waals surface area contributed by atoms with E-state index in [0.717, 1.165) is 36.4 Å². The fraction of sp³-hybridized carbons (Fsp3) is 0.167. The number of aliphatic hydroxyl groups excluding tert-OH is 1. The Kier molecular flexibility index (Phi) is 7.48. The maximum absolute atomic E-state index is 14.3. The molecule has 0 aromatic heterocycles. The molecule has 0 spiro atoms. The molecule has 0 fully saturated rings. The molecule has 0 atom stereocenters. The molecule has 12 heteroatoms. The predicted octanol–water partition coefficient (Wildman–Crippen LogP) is 6.20. The Morgan fingerprint density at radius 3 is 2.33 bits per heavy atom. The van der Waals surface area contributed by atoms with Gasteiger partial charge in [-0.1, -0.05) is 0 Å². The number of benzene rings is 2. The third kappa shape index (κ3) is 5.99. The van der Waals surface area contributed by atoms with E-state index < -0.39 is 46.7 Å². The van der Waals surface area contributed by atoms with Crippen LogP contribution < -0.4 is 4.74 Å². The van der Waals surface area contributed by atoms with Gasteiger partial charge in [-0.15, -0.1) is 18.3 Å². The molecule has 0 aliphatic heterocycles. The molecular weight excluding hydrogens is 483 g/mol. The van der Waals surface area contributed by atoms with Crippen molar-refractivity contribution in [3.05, 3.63) is 63.8 Å². The SMILES string of the molecule is CCOC(=O)/C(N=Nc1ccc(OC(F)(F)F)cc1)=C(\O)c1c(F)ccc(Br)c1F. The average molecular weight is 495 g/mol. The van der Waals surface area contributed by atoms with Crippen molar-refractivity contribution in [1.82, 2.24) is 0 Å². The Labute approximate surface area is 174 Å². The number of carbonyl (C=O) groups is 1. The fourth-order valence-corrected chi connectivity index (χ4v) is 2.40. The first-order chi connectivity index (χ1) is 14.0. The van der Waals surface area contributed by atoms with Crippen molar-refractivity contribution in [2.75, 3.05) is 6.61 Å². The van der Waals surface area contributed by atoms with Crippen LogP contribution in [0.25, 0.3) is 5.76 Å². The molecule has 0 unspecified atom stereocenters. The highest BCUT2D eigenvalue weighted by Gasteiger charge is 2.31. The number of hydrogen-bond acceptors (Lipinski definition) is 6. The largest absolute Gasteiger partial charge is 0.573 e. The molecule has 0 aliphatic carbocycles. The van der Waals surface area contributed by atoms with Gasteiger partial charge in [0, 0.05) is 0 Å². The third-order valence-electron chi connectivity index (χ3n) is 3.31. The zero-order valence-electron chi connectivity index (χ0n) is 15.0. The molecule has 0 saturated carbocycles. The number of hydrogen-bond donors (Lipinski definition) is 1. The monoisotopic (exact) mass is 494 g/mol. The molecular formula is C18H12BrF5N2O4. The molecule has 0 saturated heterocycles. The summed E-state index contributed by atoms with van der Waals surface area (Å²) < 4.78 is 73.1. The standard InChI is InChI=1S/C18H12BrF5N2O4/c1-2-29-17(28)15(16(27)13-12(20)8-7-11(19)14(13)21)26-25-9-3-5-10(6-4-9)30-18(22,23)24/h3-8,27H,2H2,1H3/b16-15+,26-25?. The number of ether oxygens (including phenoxy) is 2.